The number of thiazole rings is 1. The maximum Gasteiger partial charge on any atom is 0.107 e. The summed E-state index contributed by atoms with van der Waals surface area (Å²) in [7, 11) is 0. The molecule has 1 aromatic rings. The maximum atomic E-state index is 9.44. The van der Waals surface area contributed by atoms with Crippen molar-refractivity contribution in [1.29, 1.82) is 0 Å². The summed E-state index contributed by atoms with van der Waals surface area (Å²) >= 11 is 1.88. The van der Waals surface area contributed by atoms with Gasteiger partial charge in [-0.1, -0.05) is 0 Å². The number of hydrogen-bond donors (Lipinski definition) is 1. The molecular formula is C11H16N2OS. The second-order valence-electron chi connectivity index (χ2n) is 4.51. The number of aryl methyl sites for hydroxylation is 2. The first-order valence-corrected chi connectivity index (χ1v) is 6.51. The van der Waals surface area contributed by atoms with Crippen LogP contribution in [-0.4, -0.2) is 34.2 Å². The minimum atomic E-state index is -0.114. The van der Waals surface area contributed by atoms with Gasteiger partial charge in [0, 0.05) is 18.0 Å². The smallest absolute Gasteiger partial charge is 0.107 e. The van der Waals surface area contributed by atoms with Crippen molar-refractivity contribution in [1.82, 2.24) is 9.88 Å². The summed E-state index contributed by atoms with van der Waals surface area (Å²) in [5.74, 6) is 0. The molecule has 1 aromatic heterocycles. The molecule has 0 amide bonds. The number of β-amino-alcohol motifs (C(OH)–C–C–N with tert-alkyl or cyclic N) is 1. The molecule has 1 N–H and O–H groups in total. The fourth-order valence-corrected chi connectivity index (χ4v) is 3.66. The SMILES string of the molecule is O[C@@H]1CCN(Cc2nc3c(s2)CCC3)C1. The second-order valence-corrected chi connectivity index (χ2v) is 5.68. The van der Waals surface area contributed by atoms with Gasteiger partial charge in [-0.2, -0.15) is 0 Å². The number of likely N-dealkylation sites (tertiary alicyclic amines) is 1. The average Bonchev–Trinajstić information content (AvgIpc) is 2.81. The van der Waals surface area contributed by atoms with Crippen LogP contribution in [0.25, 0.3) is 0 Å². The molecule has 1 atom stereocenters. The highest BCUT2D eigenvalue weighted by atomic mass is 32.1. The lowest BCUT2D eigenvalue weighted by atomic mass is 10.3. The van der Waals surface area contributed by atoms with E-state index in [2.05, 4.69) is 9.88 Å². The molecule has 0 saturated carbocycles. The molecule has 3 nitrogen and oxygen atoms in total. The number of fused-ring (bicyclic) bond motifs is 1. The normalized spacial score (nSPS) is 26.1. The van der Waals surface area contributed by atoms with Crippen LogP contribution in [0.4, 0.5) is 0 Å². The topological polar surface area (TPSA) is 36.4 Å². The molecule has 4 heteroatoms. The van der Waals surface area contributed by atoms with Gasteiger partial charge in [0.1, 0.15) is 5.01 Å². The Morgan fingerprint density at radius 3 is 3.13 bits per heavy atom. The summed E-state index contributed by atoms with van der Waals surface area (Å²) in [4.78, 5) is 8.48. The predicted octanol–water partition coefficient (Wildman–Crippen LogP) is 1.20. The number of nitrogens with zero attached hydrogens (tertiary/aromatic N) is 2. The molecule has 1 fully saturated rings. The molecule has 0 unspecified atom stereocenters. The predicted molar refractivity (Wildman–Crippen MR) is 60.0 cm³/mol. The Morgan fingerprint density at radius 1 is 1.47 bits per heavy atom. The minimum absolute atomic E-state index is 0.114. The van der Waals surface area contributed by atoms with E-state index >= 15 is 0 Å². The molecule has 1 aliphatic heterocycles. The van der Waals surface area contributed by atoms with Gasteiger partial charge in [-0.15, -0.1) is 11.3 Å². The fourth-order valence-electron chi connectivity index (χ4n) is 2.46. The lowest BCUT2D eigenvalue weighted by molar-refractivity contribution is 0.174. The highest BCUT2D eigenvalue weighted by Gasteiger charge is 2.22. The Kier molecular flexibility index (Phi) is 2.50. The zero-order valence-corrected chi connectivity index (χ0v) is 9.59. The van der Waals surface area contributed by atoms with Crippen LogP contribution in [0.2, 0.25) is 0 Å². The van der Waals surface area contributed by atoms with E-state index in [0.717, 1.165) is 26.1 Å². The summed E-state index contributed by atoms with van der Waals surface area (Å²) in [6.07, 6.45) is 4.50. The summed E-state index contributed by atoms with van der Waals surface area (Å²) in [6.45, 7) is 2.78. The molecular weight excluding hydrogens is 208 g/mol. The van der Waals surface area contributed by atoms with Gasteiger partial charge in [0.05, 0.1) is 18.3 Å². The van der Waals surface area contributed by atoms with E-state index in [1.165, 1.54) is 34.8 Å². The monoisotopic (exact) mass is 224 g/mol. The molecule has 2 heterocycles. The number of aliphatic hydroxyl groups is 1. The summed E-state index contributed by atoms with van der Waals surface area (Å²) in [5, 5.41) is 10.7. The molecule has 0 spiro atoms. The van der Waals surface area contributed by atoms with Crippen molar-refractivity contribution in [2.24, 2.45) is 0 Å². The van der Waals surface area contributed by atoms with Gasteiger partial charge in [0.2, 0.25) is 0 Å². The molecule has 82 valence electrons. The van der Waals surface area contributed by atoms with Crippen molar-refractivity contribution in [3.63, 3.8) is 0 Å². The van der Waals surface area contributed by atoms with Crippen molar-refractivity contribution >= 4 is 11.3 Å². The fraction of sp³-hybridized carbons (Fsp3) is 0.727. The van der Waals surface area contributed by atoms with Gasteiger partial charge < -0.3 is 5.11 Å². The number of aromatic nitrogens is 1. The van der Waals surface area contributed by atoms with E-state index in [1.807, 2.05) is 11.3 Å². The Morgan fingerprint density at radius 2 is 2.40 bits per heavy atom. The van der Waals surface area contributed by atoms with E-state index in [-0.39, 0.29) is 6.10 Å². The van der Waals surface area contributed by atoms with Crippen molar-refractivity contribution < 1.29 is 5.11 Å². The Bertz CT molecular complexity index is 342. The van der Waals surface area contributed by atoms with E-state index in [4.69, 9.17) is 0 Å². The number of aliphatic hydroxyl groups excluding tert-OH is 1. The largest absolute Gasteiger partial charge is 0.392 e. The van der Waals surface area contributed by atoms with Gasteiger partial charge in [-0.05, 0) is 25.7 Å². The van der Waals surface area contributed by atoms with Crippen molar-refractivity contribution in [2.75, 3.05) is 13.1 Å². The van der Waals surface area contributed by atoms with Crippen molar-refractivity contribution in [3.8, 4) is 0 Å². The van der Waals surface area contributed by atoms with Gasteiger partial charge in [0.25, 0.3) is 0 Å². The van der Waals surface area contributed by atoms with Crippen LogP contribution in [0, 0.1) is 0 Å². The van der Waals surface area contributed by atoms with Crippen LogP contribution in [0.3, 0.4) is 0 Å². The van der Waals surface area contributed by atoms with Crippen LogP contribution >= 0.6 is 11.3 Å². The zero-order chi connectivity index (χ0) is 10.3. The first kappa shape index (κ1) is 9.75. The highest BCUT2D eigenvalue weighted by Crippen LogP contribution is 2.28. The number of hydrogen-bond acceptors (Lipinski definition) is 4. The Balaban J connectivity index is 1.67. The molecule has 0 radical (unpaired) electrons. The first-order chi connectivity index (χ1) is 7.31. The van der Waals surface area contributed by atoms with Crippen molar-refractivity contribution in [3.05, 3.63) is 15.6 Å². The standard InChI is InChI=1S/C11H16N2OS/c14-8-4-5-13(6-8)7-11-12-9-2-1-3-10(9)15-11/h8,14H,1-7H2/t8-/m1/s1. The first-order valence-electron chi connectivity index (χ1n) is 5.69. The van der Waals surface area contributed by atoms with Gasteiger partial charge in [-0.3, -0.25) is 4.90 Å². The van der Waals surface area contributed by atoms with E-state index < -0.39 is 0 Å². The minimum Gasteiger partial charge on any atom is -0.392 e. The summed E-state index contributed by atoms with van der Waals surface area (Å²) < 4.78 is 0. The molecule has 0 bridgehead atoms. The van der Waals surface area contributed by atoms with Crippen LogP contribution in [0.1, 0.15) is 28.4 Å². The molecule has 0 aromatic carbocycles. The van der Waals surface area contributed by atoms with Crippen LogP contribution < -0.4 is 0 Å². The quantitative estimate of drug-likeness (QED) is 0.820. The molecule has 2 aliphatic rings. The lowest BCUT2D eigenvalue weighted by Gasteiger charge is -2.12. The summed E-state index contributed by atoms with van der Waals surface area (Å²) in [5.41, 5.74) is 1.34. The van der Waals surface area contributed by atoms with E-state index in [1.54, 1.807) is 0 Å². The maximum absolute atomic E-state index is 9.44. The molecule has 15 heavy (non-hydrogen) atoms. The third-order valence-electron chi connectivity index (χ3n) is 3.25. The lowest BCUT2D eigenvalue weighted by Crippen LogP contribution is -2.21. The third-order valence-corrected chi connectivity index (χ3v) is 4.39. The van der Waals surface area contributed by atoms with Gasteiger partial charge in [0.15, 0.2) is 0 Å². The van der Waals surface area contributed by atoms with Crippen LogP contribution in [-0.2, 0) is 19.4 Å². The van der Waals surface area contributed by atoms with Crippen molar-refractivity contribution in [2.45, 2.75) is 38.3 Å². The van der Waals surface area contributed by atoms with Crippen LogP contribution in [0.5, 0.6) is 0 Å². The Hall–Kier alpha value is -0.450. The average molecular weight is 224 g/mol. The van der Waals surface area contributed by atoms with E-state index in [0.29, 0.717) is 0 Å². The molecule has 1 aliphatic carbocycles. The van der Waals surface area contributed by atoms with Gasteiger partial charge in [-0.25, -0.2) is 4.98 Å². The van der Waals surface area contributed by atoms with Gasteiger partial charge >= 0.3 is 0 Å². The molecule has 3 rings (SSSR count). The summed E-state index contributed by atoms with van der Waals surface area (Å²) in [6, 6.07) is 0. The molecule has 1 saturated heterocycles. The third kappa shape index (κ3) is 1.94. The van der Waals surface area contributed by atoms with Crippen LogP contribution in [0.15, 0.2) is 0 Å². The Labute approximate surface area is 93.8 Å². The second kappa shape index (κ2) is 3.85. The highest BCUT2D eigenvalue weighted by molar-refractivity contribution is 7.11. The zero-order valence-electron chi connectivity index (χ0n) is 8.78. The number of rotatable bonds is 2. The van der Waals surface area contributed by atoms with E-state index in [9.17, 15) is 5.11 Å².